The fourth-order valence-electron chi connectivity index (χ4n) is 1.05. The smallest absolute Gasteiger partial charge is 0.123 e. The van der Waals surface area contributed by atoms with Crippen molar-refractivity contribution in [3.8, 4) is 5.75 Å². The van der Waals surface area contributed by atoms with Gasteiger partial charge in [-0.3, -0.25) is 0 Å². The molecule has 0 spiro atoms. The van der Waals surface area contributed by atoms with E-state index in [0.29, 0.717) is 5.56 Å². The lowest BCUT2D eigenvalue weighted by molar-refractivity contribution is 0.182. The van der Waals surface area contributed by atoms with Gasteiger partial charge in [0.15, 0.2) is 0 Å². The summed E-state index contributed by atoms with van der Waals surface area (Å²) in [5, 5.41) is 18.4. The third-order valence-corrected chi connectivity index (χ3v) is 1.77. The van der Waals surface area contributed by atoms with E-state index < -0.39 is 11.9 Å². The molecule has 1 atom stereocenters. The highest BCUT2D eigenvalue weighted by atomic mass is 19.1. The fraction of sp³-hybridized carbons (Fsp3) is 0.333. The van der Waals surface area contributed by atoms with E-state index in [1.165, 1.54) is 12.1 Å². The van der Waals surface area contributed by atoms with Crippen molar-refractivity contribution >= 4 is 0 Å². The van der Waals surface area contributed by atoms with Gasteiger partial charge in [-0.1, -0.05) is 0 Å². The van der Waals surface area contributed by atoms with Gasteiger partial charge >= 0.3 is 0 Å². The van der Waals surface area contributed by atoms with E-state index >= 15 is 0 Å². The Hall–Kier alpha value is -1.13. The number of aliphatic hydroxyl groups excluding tert-OH is 1. The molecule has 0 aromatic heterocycles. The molecule has 4 N–H and O–H groups in total. The third-order valence-electron chi connectivity index (χ3n) is 1.77. The minimum absolute atomic E-state index is 0.0195. The first-order valence-electron chi connectivity index (χ1n) is 3.99. The Kier molecular flexibility index (Phi) is 3.22. The van der Waals surface area contributed by atoms with E-state index in [1.807, 2.05) is 0 Å². The maximum Gasteiger partial charge on any atom is 0.123 e. The zero-order valence-electron chi connectivity index (χ0n) is 7.07. The van der Waals surface area contributed by atoms with Crippen LogP contribution in [-0.4, -0.2) is 22.9 Å². The molecule has 1 aromatic carbocycles. The van der Waals surface area contributed by atoms with Gasteiger partial charge in [-0.15, -0.1) is 0 Å². The van der Waals surface area contributed by atoms with Crippen LogP contribution >= 0.6 is 0 Å². The summed E-state index contributed by atoms with van der Waals surface area (Å²) in [5.74, 6) is -0.453. The molecule has 0 fully saturated rings. The molecule has 4 heteroatoms. The van der Waals surface area contributed by atoms with Gasteiger partial charge in [-0.25, -0.2) is 4.39 Å². The van der Waals surface area contributed by atoms with Gasteiger partial charge in [0.1, 0.15) is 11.6 Å². The number of nitrogens with two attached hydrogens (primary N) is 1. The quantitative estimate of drug-likeness (QED) is 0.638. The molecular formula is C9H12FNO2. The molecule has 13 heavy (non-hydrogen) atoms. The molecule has 1 aromatic rings. The number of benzene rings is 1. The molecule has 0 aliphatic rings. The average Bonchev–Trinajstić information content (AvgIpc) is 2.11. The van der Waals surface area contributed by atoms with Gasteiger partial charge < -0.3 is 15.9 Å². The van der Waals surface area contributed by atoms with Crippen LogP contribution < -0.4 is 5.73 Å². The summed E-state index contributed by atoms with van der Waals surface area (Å²) in [6, 6.07) is 3.61. The molecule has 0 heterocycles. The summed E-state index contributed by atoms with van der Waals surface area (Å²) in [5.41, 5.74) is 5.56. The molecular weight excluding hydrogens is 173 g/mol. The van der Waals surface area contributed by atoms with Crippen LogP contribution in [0.5, 0.6) is 5.75 Å². The molecule has 0 saturated heterocycles. The Morgan fingerprint density at radius 1 is 1.46 bits per heavy atom. The van der Waals surface area contributed by atoms with E-state index in [2.05, 4.69) is 0 Å². The molecule has 1 unspecified atom stereocenters. The molecule has 0 saturated carbocycles. The van der Waals surface area contributed by atoms with Crippen molar-refractivity contribution in [3.05, 3.63) is 29.6 Å². The van der Waals surface area contributed by atoms with Crippen LogP contribution in [0.15, 0.2) is 18.2 Å². The Bertz CT molecular complexity index is 291. The first-order chi connectivity index (χ1) is 6.13. The lowest BCUT2D eigenvalue weighted by Crippen LogP contribution is -2.22. The minimum Gasteiger partial charge on any atom is -0.508 e. The minimum atomic E-state index is -0.743. The zero-order valence-corrected chi connectivity index (χ0v) is 7.07. The summed E-state index contributed by atoms with van der Waals surface area (Å²) in [6.07, 6.45) is -0.576. The van der Waals surface area contributed by atoms with Crippen LogP contribution in [-0.2, 0) is 6.42 Å². The fourth-order valence-corrected chi connectivity index (χ4v) is 1.05. The van der Waals surface area contributed by atoms with Crippen LogP contribution in [0, 0.1) is 5.82 Å². The van der Waals surface area contributed by atoms with Crippen molar-refractivity contribution in [2.75, 3.05) is 6.54 Å². The van der Waals surface area contributed by atoms with E-state index in [0.717, 1.165) is 6.07 Å². The first kappa shape index (κ1) is 9.95. The predicted octanol–water partition coefficient (Wildman–Crippen LogP) is 0.393. The van der Waals surface area contributed by atoms with E-state index in [4.69, 9.17) is 10.8 Å². The number of aliphatic hydroxyl groups is 1. The Balaban J connectivity index is 2.81. The first-order valence-corrected chi connectivity index (χ1v) is 3.99. The molecule has 3 nitrogen and oxygen atoms in total. The zero-order chi connectivity index (χ0) is 9.84. The van der Waals surface area contributed by atoms with Gasteiger partial charge in [0.05, 0.1) is 6.10 Å². The summed E-state index contributed by atoms with van der Waals surface area (Å²) in [6.45, 7) is 0.0932. The monoisotopic (exact) mass is 185 g/mol. The molecule has 0 amide bonds. The molecule has 0 radical (unpaired) electrons. The topological polar surface area (TPSA) is 66.5 Å². The van der Waals surface area contributed by atoms with Crippen molar-refractivity contribution in [2.24, 2.45) is 5.73 Å². The summed E-state index contributed by atoms with van der Waals surface area (Å²) in [4.78, 5) is 0. The van der Waals surface area contributed by atoms with Crippen LogP contribution in [0.4, 0.5) is 4.39 Å². The van der Waals surface area contributed by atoms with Crippen molar-refractivity contribution in [1.82, 2.24) is 0 Å². The second-order valence-corrected chi connectivity index (χ2v) is 2.87. The van der Waals surface area contributed by atoms with Crippen molar-refractivity contribution in [3.63, 3.8) is 0 Å². The number of phenols is 1. The predicted molar refractivity (Wildman–Crippen MR) is 46.8 cm³/mol. The summed E-state index contributed by atoms with van der Waals surface area (Å²) >= 11 is 0. The van der Waals surface area contributed by atoms with Crippen LogP contribution in [0.3, 0.4) is 0 Å². The van der Waals surface area contributed by atoms with Gasteiger partial charge in [-0.05, 0) is 23.8 Å². The summed E-state index contributed by atoms with van der Waals surface area (Å²) in [7, 11) is 0. The summed E-state index contributed by atoms with van der Waals surface area (Å²) < 4.78 is 12.7. The number of aromatic hydroxyl groups is 1. The number of hydrogen-bond donors (Lipinski definition) is 3. The van der Waals surface area contributed by atoms with Gasteiger partial charge in [0.25, 0.3) is 0 Å². The second kappa shape index (κ2) is 4.20. The van der Waals surface area contributed by atoms with E-state index in [9.17, 15) is 9.50 Å². The van der Waals surface area contributed by atoms with E-state index in [1.54, 1.807) is 0 Å². The van der Waals surface area contributed by atoms with Crippen molar-refractivity contribution in [1.29, 1.82) is 0 Å². The number of halogens is 1. The average molecular weight is 185 g/mol. The normalized spacial score (nSPS) is 12.8. The number of phenolic OH excluding ortho intramolecular Hbond substituents is 1. The molecule has 1 rings (SSSR count). The maximum atomic E-state index is 12.7. The molecule has 72 valence electrons. The van der Waals surface area contributed by atoms with E-state index in [-0.39, 0.29) is 18.7 Å². The highest BCUT2D eigenvalue weighted by Crippen LogP contribution is 2.19. The lowest BCUT2D eigenvalue weighted by atomic mass is 10.1. The second-order valence-electron chi connectivity index (χ2n) is 2.87. The number of rotatable bonds is 3. The van der Waals surface area contributed by atoms with Crippen molar-refractivity contribution in [2.45, 2.75) is 12.5 Å². The number of hydrogen-bond acceptors (Lipinski definition) is 3. The SMILES string of the molecule is NCC(O)Cc1cc(F)ccc1O. The molecule has 0 aliphatic carbocycles. The van der Waals surface area contributed by atoms with Crippen LogP contribution in [0.1, 0.15) is 5.56 Å². The Morgan fingerprint density at radius 3 is 2.77 bits per heavy atom. The highest BCUT2D eigenvalue weighted by molar-refractivity contribution is 5.33. The van der Waals surface area contributed by atoms with Crippen molar-refractivity contribution < 1.29 is 14.6 Å². The van der Waals surface area contributed by atoms with Crippen LogP contribution in [0.2, 0.25) is 0 Å². The lowest BCUT2D eigenvalue weighted by Gasteiger charge is -2.08. The molecule has 0 bridgehead atoms. The van der Waals surface area contributed by atoms with Gasteiger partial charge in [0.2, 0.25) is 0 Å². The maximum absolute atomic E-state index is 12.7. The Labute approximate surface area is 75.6 Å². The standard InChI is InChI=1S/C9H12FNO2/c10-7-1-2-9(13)6(3-7)4-8(12)5-11/h1-3,8,12-13H,4-5,11H2. The van der Waals surface area contributed by atoms with Crippen LogP contribution in [0.25, 0.3) is 0 Å². The Morgan fingerprint density at radius 2 is 2.15 bits per heavy atom. The van der Waals surface area contributed by atoms with Gasteiger partial charge in [-0.2, -0.15) is 0 Å². The van der Waals surface area contributed by atoms with Gasteiger partial charge in [0, 0.05) is 13.0 Å². The third kappa shape index (κ3) is 2.68. The molecule has 0 aliphatic heterocycles. The highest BCUT2D eigenvalue weighted by Gasteiger charge is 2.07. The largest absolute Gasteiger partial charge is 0.508 e.